The molecule has 2 aromatic rings. The number of imide groups is 1. The van der Waals surface area contributed by atoms with Crippen LogP contribution in [0.1, 0.15) is 33.3 Å². The van der Waals surface area contributed by atoms with Gasteiger partial charge in [-0.2, -0.15) is 0 Å². The molecule has 0 spiro atoms. The Labute approximate surface area is 177 Å². The largest absolute Gasteiger partial charge is 0.494 e. The molecular weight excluding hydrogens is 380 g/mol. The number of hydrogen-bond acceptors (Lipinski definition) is 5. The second-order valence-corrected chi connectivity index (χ2v) is 7.38. The van der Waals surface area contributed by atoms with E-state index in [-0.39, 0.29) is 23.4 Å². The van der Waals surface area contributed by atoms with Crippen LogP contribution in [0.25, 0.3) is 5.57 Å². The third kappa shape index (κ3) is 4.48. The molecule has 1 heterocycles. The van der Waals surface area contributed by atoms with Crippen molar-refractivity contribution in [1.29, 1.82) is 0 Å². The standard InChI is InChI=1S/C24H28N2O4/c1-5-29-18-13-11-17(12-14-18)21-22(24(28)26(23(21)27)15-16(3)4)25-19-9-7-8-10-20(19)30-6-2/h7-14,16,25H,5-6,15H2,1-4H3. The van der Waals surface area contributed by atoms with Crippen LogP contribution in [0.5, 0.6) is 11.5 Å². The van der Waals surface area contributed by atoms with Crippen LogP contribution in [0, 0.1) is 5.92 Å². The van der Waals surface area contributed by atoms with Crippen molar-refractivity contribution in [1.82, 2.24) is 4.90 Å². The van der Waals surface area contributed by atoms with Crippen LogP contribution in [0.2, 0.25) is 0 Å². The summed E-state index contributed by atoms with van der Waals surface area (Å²) in [6, 6.07) is 14.6. The van der Waals surface area contributed by atoms with Gasteiger partial charge in [-0.1, -0.05) is 38.1 Å². The Kier molecular flexibility index (Phi) is 6.77. The minimum Gasteiger partial charge on any atom is -0.494 e. The zero-order valence-electron chi connectivity index (χ0n) is 17.9. The first-order valence-corrected chi connectivity index (χ1v) is 10.3. The first kappa shape index (κ1) is 21.4. The van der Waals surface area contributed by atoms with Gasteiger partial charge in [0.25, 0.3) is 11.8 Å². The molecule has 0 saturated heterocycles. The molecule has 0 aliphatic carbocycles. The molecule has 0 radical (unpaired) electrons. The predicted molar refractivity (Wildman–Crippen MR) is 117 cm³/mol. The highest BCUT2D eigenvalue weighted by atomic mass is 16.5. The van der Waals surface area contributed by atoms with Crippen LogP contribution >= 0.6 is 0 Å². The summed E-state index contributed by atoms with van der Waals surface area (Å²) in [5, 5.41) is 3.18. The second kappa shape index (κ2) is 9.48. The number of anilines is 1. The van der Waals surface area contributed by atoms with Gasteiger partial charge in [0.2, 0.25) is 0 Å². The van der Waals surface area contributed by atoms with Gasteiger partial charge in [-0.15, -0.1) is 0 Å². The van der Waals surface area contributed by atoms with E-state index in [9.17, 15) is 9.59 Å². The van der Waals surface area contributed by atoms with E-state index >= 15 is 0 Å². The number of carbonyl (C=O) groups excluding carboxylic acids is 2. The Morgan fingerprint density at radius 3 is 2.20 bits per heavy atom. The van der Waals surface area contributed by atoms with E-state index in [2.05, 4.69) is 5.32 Å². The van der Waals surface area contributed by atoms with Gasteiger partial charge in [-0.3, -0.25) is 14.5 Å². The lowest BCUT2D eigenvalue weighted by molar-refractivity contribution is -0.137. The molecule has 6 heteroatoms. The van der Waals surface area contributed by atoms with E-state index in [0.717, 1.165) is 0 Å². The number of hydrogen-bond donors (Lipinski definition) is 1. The van der Waals surface area contributed by atoms with Gasteiger partial charge in [0.05, 0.1) is 24.5 Å². The smallest absolute Gasteiger partial charge is 0.278 e. The fourth-order valence-corrected chi connectivity index (χ4v) is 3.36. The molecular formula is C24H28N2O4. The molecule has 2 amide bonds. The summed E-state index contributed by atoms with van der Waals surface area (Å²) in [4.78, 5) is 27.7. The molecule has 0 aromatic heterocycles. The molecule has 0 bridgehead atoms. The highest BCUT2D eigenvalue weighted by Crippen LogP contribution is 2.34. The summed E-state index contributed by atoms with van der Waals surface area (Å²) in [6.45, 7) is 9.18. The number of nitrogens with zero attached hydrogens (tertiary/aromatic N) is 1. The summed E-state index contributed by atoms with van der Waals surface area (Å²) in [5.41, 5.74) is 1.93. The number of ether oxygens (including phenoxy) is 2. The summed E-state index contributed by atoms with van der Waals surface area (Å²) >= 11 is 0. The van der Waals surface area contributed by atoms with Crippen molar-refractivity contribution >= 4 is 23.1 Å². The summed E-state index contributed by atoms with van der Waals surface area (Å²) in [5.74, 6) is 0.877. The van der Waals surface area contributed by atoms with Crippen molar-refractivity contribution in [2.24, 2.45) is 5.92 Å². The number of para-hydroxylation sites is 2. The number of carbonyl (C=O) groups is 2. The maximum absolute atomic E-state index is 13.2. The van der Waals surface area contributed by atoms with Crippen molar-refractivity contribution < 1.29 is 19.1 Å². The zero-order valence-corrected chi connectivity index (χ0v) is 17.9. The lowest BCUT2D eigenvalue weighted by Crippen LogP contribution is -2.35. The Bertz CT molecular complexity index is 948. The molecule has 1 aliphatic heterocycles. The highest BCUT2D eigenvalue weighted by Gasteiger charge is 2.39. The molecule has 1 N–H and O–H groups in total. The first-order valence-electron chi connectivity index (χ1n) is 10.3. The molecule has 0 fully saturated rings. The van der Waals surface area contributed by atoms with E-state index in [1.165, 1.54) is 4.90 Å². The van der Waals surface area contributed by atoms with Gasteiger partial charge in [0.15, 0.2) is 0 Å². The lowest BCUT2D eigenvalue weighted by atomic mass is 10.0. The molecule has 6 nitrogen and oxygen atoms in total. The van der Waals surface area contributed by atoms with E-state index < -0.39 is 0 Å². The van der Waals surface area contributed by atoms with Crippen LogP contribution in [0.4, 0.5) is 5.69 Å². The number of nitrogens with one attached hydrogen (secondary N) is 1. The molecule has 0 saturated carbocycles. The topological polar surface area (TPSA) is 67.9 Å². The Morgan fingerprint density at radius 1 is 0.900 bits per heavy atom. The predicted octanol–water partition coefficient (Wildman–Crippen LogP) is 4.33. The minimum atomic E-state index is -0.330. The number of rotatable bonds is 9. The SMILES string of the molecule is CCOc1ccc(C2=C(Nc3ccccc3OCC)C(=O)N(CC(C)C)C2=O)cc1. The third-order valence-electron chi connectivity index (χ3n) is 4.62. The van der Waals surface area contributed by atoms with Crippen LogP contribution < -0.4 is 14.8 Å². The van der Waals surface area contributed by atoms with Crippen LogP contribution in [-0.2, 0) is 9.59 Å². The Hall–Kier alpha value is -3.28. The fraction of sp³-hybridized carbons (Fsp3) is 0.333. The summed E-state index contributed by atoms with van der Waals surface area (Å²) < 4.78 is 11.2. The highest BCUT2D eigenvalue weighted by molar-refractivity contribution is 6.36. The van der Waals surface area contributed by atoms with Crippen molar-refractivity contribution in [2.75, 3.05) is 25.1 Å². The molecule has 30 heavy (non-hydrogen) atoms. The van der Waals surface area contributed by atoms with Gasteiger partial charge in [-0.25, -0.2) is 0 Å². The summed E-state index contributed by atoms with van der Waals surface area (Å²) in [6.07, 6.45) is 0. The molecule has 0 unspecified atom stereocenters. The van der Waals surface area contributed by atoms with E-state index in [4.69, 9.17) is 9.47 Å². The van der Waals surface area contributed by atoms with Crippen LogP contribution in [0.15, 0.2) is 54.2 Å². The van der Waals surface area contributed by atoms with E-state index in [1.54, 1.807) is 24.3 Å². The molecule has 1 aliphatic rings. The van der Waals surface area contributed by atoms with Gasteiger partial charge in [0.1, 0.15) is 17.2 Å². The van der Waals surface area contributed by atoms with Gasteiger partial charge in [-0.05, 0) is 49.6 Å². The number of benzene rings is 2. The van der Waals surface area contributed by atoms with Crippen molar-refractivity contribution in [2.45, 2.75) is 27.7 Å². The fourth-order valence-electron chi connectivity index (χ4n) is 3.36. The van der Waals surface area contributed by atoms with E-state index in [1.807, 2.05) is 52.0 Å². The van der Waals surface area contributed by atoms with Crippen LogP contribution in [0.3, 0.4) is 0 Å². The first-order chi connectivity index (χ1) is 14.5. The van der Waals surface area contributed by atoms with Gasteiger partial charge >= 0.3 is 0 Å². The second-order valence-electron chi connectivity index (χ2n) is 7.38. The van der Waals surface area contributed by atoms with Crippen molar-refractivity contribution in [3.63, 3.8) is 0 Å². The third-order valence-corrected chi connectivity index (χ3v) is 4.62. The maximum atomic E-state index is 13.2. The average molecular weight is 408 g/mol. The molecule has 0 atom stereocenters. The van der Waals surface area contributed by atoms with Crippen molar-refractivity contribution in [3.05, 3.63) is 59.8 Å². The zero-order chi connectivity index (χ0) is 21.7. The normalized spacial score (nSPS) is 14.0. The monoisotopic (exact) mass is 408 g/mol. The Morgan fingerprint density at radius 2 is 1.57 bits per heavy atom. The van der Waals surface area contributed by atoms with E-state index in [0.29, 0.717) is 48.1 Å². The molecule has 158 valence electrons. The Balaban J connectivity index is 2.04. The minimum absolute atomic E-state index is 0.162. The maximum Gasteiger partial charge on any atom is 0.278 e. The average Bonchev–Trinajstić information content (AvgIpc) is 2.94. The van der Waals surface area contributed by atoms with Gasteiger partial charge < -0.3 is 14.8 Å². The number of amides is 2. The molecule has 3 rings (SSSR count). The van der Waals surface area contributed by atoms with Gasteiger partial charge in [0, 0.05) is 6.54 Å². The van der Waals surface area contributed by atoms with Crippen molar-refractivity contribution in [3.8, 4) is 11.5 Å². The molecule has 2 aromatic carbocycles. The quantitative estimate of drug-likeness (QED) is 0.626. The summed E-state index contributed by atoms with van der Waals surface area (Å²) in [7, 11) is 0. The van der Waals surface area contributed by atoms with Crippen LogP contribution in [-0.4, -0.2) is 36.5 Å². The lowest BCUT2D eigenvalue weighted by Gasteiger charge is -2.18.